The molecule has 0 saturated carbocycles. The Kier molecular flexibility index (Phi) is 9.07. The van der Waals surface area contributed by atoms with E-state index < -0.39 is 0 Å². The molecule has 1 atom stereocenters. The predicted molar refractivity (Wildman–Crippen MR) is 184 cm³/mol. The Labute approximate surface area is 278 Å². The molecule has 9 nitrogen and oxygen atoms in total. The molecule has 7 rings (SSSR count). The molecule has 2 aliphatic rings. The molecule has 1 amide bonds. The van der Waals surface area contributed by atoms with Crippen LogP contribution < -0.4 is 20.7 Å². The van der Waals surface area contributed by atoms with Crippen LogP contribution in [0.4, 0.5) is 11.4 Å². The van der Waals surface area contributed by atoms with Crippen molar-refractivity contribution in [1.29, 1.82) is 5.26 Å². The largest absolute Gasteiger partial charge is 0.487 e. The van der Waals surface area contributed by atoms with Crippen molar-refractivity contribution in [3.63, 3.8) is 0 Å². The van der Waals surface area contributed by atoms with Crippen LogP contribution in [-0.4, -0.2) is 47.9 Å². The number of nitrogens with zero attached hydrogens (tertiary/aromatic N) is 3. The van der Waals surface area contributed by atoms with Gasteiger partial charge in [-0.25, -0.2) is 0 Å². The number of halogens is 1. The zero-order chi connectivity index (χ0) is 32.2. The number of fused-ring (bicyclic) bond motifs is 2. The Bertz CT molecular complexity index is 2020. The number of aromatic nitrogens is 2. The molecule has 2 aromatic heterocycles. The summed E-state index contributed by atoms with van der Waals surface area (Å²) < 4.78 is 14.1. The van der Waals surface area contributed by atoms with E-state index in [1.54, 1.807) is 12.3 Å². The van der Waals surface area contributed by atoms with E-state index in [1.807, 2.05) is 36.4 Å². The van der Waals surface area contributed by atoms with Gasteiger partial charge in [-0.05, 0) is 74.0 Å². The molecule has 2 aliphatic heterocycles. The van der Waals surface area contributed by atoms with Gasteiger partial charge in [0.05, 0.1) is 30.0 Å². The topological polar surface area (TPSA) is 113 Å². The number of carbonyl (C=O) groups is 1. The third kappa shape index (κ3) is 7.10. The number of hydrogen-bond donors (Lipinski definition) is 3. The average Bonchev–Trinajstić information content (AvgIpc) is 3.74. The van der Waals surface area contributed by atoms with Gasteiger partial charge in [0.25, 0.3) is 0 Å². The second-order valence-electron chi connectivity index (χ2n) is 12.0. The SMILES string of the molecule is N#Cc1cnc2cc(OC3CCOC3)c(CNC(=O)C=C3CCNCC3)cc2c1Nc1ccc2c(ccn2Cc2cccc(Cl)c2)c1. The summed E-state index contributed by atoms with van der Waals surface area (Å²) in [6, 6.07) is 22.3. The van der Waals surface area contributed by atoms with Gasteiger partial charge in [-0.3, -0.25) is 9.78 Å². The maximum Gasteiger partial charge on any atom is 0.244 e. The minimum atomic E-state index is -0.130. The molecule has 3 aromatic carbocycles. The lowest BCUT2D eigenvalue weighted by molar-refractivity contribution is -0.116. The van der Waals surface area contributed by atoms with Crippen LogP contribution in [0.2, 0.25) is 5.02 Å². The van der Waals surface area contributed by atoms with E-state index in [0.717, 1.165) is 76.1 Å². The highest BCUT2D eigenvalue weighted by Crippen LogP contribution is 2.35. The molecule has 47 heavy (non-hydrogen) atoms. The Hall–Kier alpha value is -4.88. The van der Waals surface area contributed by atoms with Gasteiger partial charge in [-0.1, -0.05) is 29.3 Å². The minimum Gasteiger partial charge on any atom is -0.487 e. The van der Waals surface area contributed by atoms with Crippen molar-refractivity contribution in [2.75, 3.05) is 31.6 Å². The molecule has 0 spiro atoms. The number of amides is 1. The van der Waals surface area contributed by atoms with E-state index in [1.165, 1.54) is 0 Å². The number of rotatable bonds is 9. The zero-order valence-corrected chi connectivity index (χ0v) is 26.6. The van der Waals surface area contributed by atoms with Gasteiger partial charge in [0.1, 0.15) is 17.9 Å². The van der Waals surface area contributed by atoms with Crippen molar-refractivity contribution in [2.24, 2.45) is 0 Å². The maximum atomic E-state index is 12.9. The average molecular weight is 647 g/mol. The van der Waals surface area contributed by atoms with Crippen LogP contribution in [0.15, 0.2) is 84.7 Å². The Morgan fingerprint density at radius 1 is 1.17 bits per heavy atom. The van der Waals surface area contributed by atoms with Crippen LogP contribution in [0.3, 0.4) is 0 Å². The summed E-state index contributed by atoms with van der Waals surface area (Å²) in [4.78, 5) is 17.5. The van der Waals surface area contributed by atoms with E-state index in [9.17, 15) is 10.1 Å². The number of hydrogen-bond acceptors (Lipinski definition) is 7. The molecule has 3 N–H and O–H groups in total. The third-order valence-electron chi connectivity index (χ3n) is 8.67. The van der Waals surface area contributed by atoms with E-state index in [0.29, 0.717) is 42.3 Å². The van der Waals surface area contributed by atoms with Crippen LogP contribution in [0.25, 0.3) is 21.8 Å². The molecule has 1 unspecified atom stereocenters. The van der Waals surface area contributed by atoms with E-state index >= 15 is 0 Å². The first-order valence-electron chi connectivity index (χ1n) is 15.9. The first-order chi connectivity index (χ1) is 23.0. The number of anilines is 2. The summed E-state index contributed by atoms with van der Waals surface area (Å²) in [5.74, 6) is 0.517. The number of nitriles is 1. The normalized spacial score (nSPS) is 16.3. The molecule has 5 aromatic rings. The lowest BCUT2D eigenvalue weighted by atomic mass is 10.0. The number of carbonyl (C=O) groups excluding carboxylic acids is 1. The summed E-state index contributed by atoms with van der Waals surface area (Å²) >= 11 is 6.21. The van der Waals surface area contributed by atoms with E-state index in [-0.39, 0.29) is 18.6 Å². The standard InChI is InChI=1S/C37H35ClN6O3/c38-29-3-1-2-25(14-29)22-44-12-8-26-16-30(4-5-34(26)44)43-37-28(19-39)21-41-33-18-35(47-31-9-13-46-23-31)27(17-32(33)37)20-42-36(45)15-24-6-10-40-11-7-24/h1-5,8,12,14-18,21,31,40H,6-7,9-11,13,20,22-23H2,(H,41,43)(H,42,45). The third-order valence-corrected chi connectivity index (χ3v) is 8.90. The van der Waals surface area contributed by atoms with Crippen molar-refractivity contribution in [3.05, 3.63) is 106 Å². The second kappa shape index (κ2) is 13.9. The van der Waals surface area contributed by atoms with Gasteiger partial charge in [0.15, 0.2) is 0 Å². The maximum absolute atomic E-state index is 12.9. The number of ether oxygens (including phenoxy) is 2. The van der Waals surface area contributed by atoms with Crippen LogP contribution in [0.5, 0.6) is 5.75 Å². The Morgan fingerprint density at radius 2 is 2.06 bits per heavy atom. The number of nitrogens with one attached hydrogen (secondary N) is 3. The van der Waals surface area contributed by atoms with Crippen LogP contribution in [0, 0.1) is 11.3 Å². The molecule has 2 fully saturated rings. The van der Waals surface area contributed by atoms with Gasteiger partial charge in [-0.2, -0.15) is 5.26 Å². The van der Waals surface area contributed by atoms with Gasteiger partial charge < -0.3 is 30.0 Å². The fraction of sp³-hybridized carbons (Fsp3) is 0.270. The number of pyridine rings is 1. The van der Waals surface area contributed by atoms with Crippen molar-refractivity contribution in [1.82, 2.24) is 20.2 Å². The molecule has 0 bridgehead atoms. The molecule has 0 radical (unpaired) electrons. The fourth-order valence-corrected chi connectivity index (χ4v) is 6.43. The number of benzene rings is 3. The quantitative estimate of drug-likeness (QED) is 0.155. The van der Waals surface area contributed by atoms with Gasteiger partial charge >= 0.3 is 0 Å². The van der Waals surface area contributed by atoms with Gasteiger partial charge in [0, 0.05) is 76.6 Å². The van der Waals surface area contributed by atoms with Crippen molar-refractivity contribution in [2.45, 2.75) is 38.5 Å². The summed E-state index contributed by atoms with van der Waals surface area (Å²) in [6.45, 7) is 3.91. The van der Waals surface area contributed by atoms with Crippen LogP contribution in [0.1, 0.15) is 36.0 Å². The molecule has 10 heteroatoms. The Balaban J connectivity index is 1.20. The summed E-state index contributed by atoms with van der Waals surface area (Å²) in [5.41, 5.74) is 6.74. The van der Waals surface area contributed by atoms with Crippen molar-refractivity contribution >= 4 is 50.7 Å². The second-order valence-corrected chi connectivity index (χ2v) is 12.4. The first kappa shape index (κ1) is 30.8. The lowest BCUT2D eigenvalue weighted by Crippen LogP contribution is -2.26. The zero-order valence-electron chi connectivity index (χ0n) is 25.9. The summed E-state index contributed by atoms with van der Waals surface area (Å²) in [6.07, 6.45) is 7.82. The smallest absolute Gasteiger partial charge is 0.244 e. The highest BCUT2D eigenvalue weighted by Gasteiger charge is 2.21. The minimum absolute atomic E-state index is 0.0763. The number of piperidine rings is 1. The molecular formula is C37H35ClN6O3. The molecule has 238 valence electrons. The molecular weight excluding hydrogens is 612 g/mol. The van der Waals surface area contributed by atoms with E-state index in [2.05, 4.69) is 62.0 Å². The summed E-state index contributed by atoms with van der Waals surface area (Å²) in [7, 11) is 0. The molecule has 0 aliphatic carbocycles. The molecule has 4 heterocycles. The van der Waals surface area contributed by atoms with E-state index in [4.69, 9.17) is 21.1 Å². The van der Waals surface area contributed by atoms with Crippen LogP contribution >= 0.6 is 11.6 Å². The van der Waals surface area contributed by atoms with Crippen molar-refractivity contribution in [3.8, 4) is 11.8 Å². The Morgan fingerprint density at radius 3 is 2.87 bits per heavy atom. The van der Waals surface area contributed by atoms with Gasteiger partial charge in [0.2, 0.25) is 5.91 Å². The van der Waals surface area contributed by atoms with Gasteiger partial charge in [-0.15, -0.1) is 0 Å². The van der Waals surface area contributed by atoms with Crippen molar-refractivity contribution < 1.29 is 14.3 Å². The fourth-order valence-electron chi connectivity index (χ4n) is 6.22. The van der Waals surface area contributed by atoms with Crippen LogP contribution in [-0.2, 0) is 22.6 Å². The first-order valence-corrected chi connectivity index (χ1v) is 16.3. The highest BCUT2D eigenvalue weighted by atomic mass is 35.5. The monoisotopic (exact) mass is 646 g/mol. The molecule has 2 saturated heterocycles. The lowest BCUT2D eigenvalue weighted by Gasteiger charge is -2.19. The highest BCUT2D eigenvalue weighted by molar-refractivity contribution is 6.30. The summed E-state index contributed by atoms with van der Waals surface area (Å²) in [5, 5.41) is 22.5. The predicted octanol–water partition coefficient (Wildman–Crippen LogP) is 6.60.